The molecule has 138 valence electrons. The normalized spacial score (nSPS) is 10.5. The van der Waals surface area contributed by atoms with Gasteiger partial charge in [-0.3, -0.25) is 9.59 Å². The first-order valence-corrected chi connectivity index (χ1v) is 8.85. The van der Waals surface area contributed by atoms with Crippen LogP contribution in [0.15, 0.2) is 36.4 Å². The molecule has 0 fully saturated rings. The van der Waals surface area contributed by atoms with Crippen molar-refractivity contribution in [2.45, 2.75) is 6.42 Å². The zero-order valence-corrected chi connectivity index (χ0v) is 16.2. The van der Waals surface area contributed by atoms with Crippen LogP contribution in [0.3, 0.4) is 0 Å². The highest BCUT2D eigenvalue weighted by molar-refractivity contribution is 6.36. The third-order valence-electron chi connectivity index (χ3n) is 3.49. The first kappa shape index (κ1) is 20.5. The number of hydrogen-bond acceptors (Lipinski definition) is 3. The first-order valence-electron chi connectivity index (χ1n) is 7.71. The highest BCUT2D eigenvalue weighted by atomic mass is 35.5. The second-order valence-corrected chi connectivity index (χ2v) is 6.59. The van der Waals surface area contributed by atoms with Crippen LogP contribution in [-0.2, 0) is 16.0 Å². The second kappa shape index (κ2) is 9.78. The summed E-state index contributed by atoms with van der Waals surface area (Å²) in [7, 11) is 1.55. The lowest BCUT2D eigenvalue weighted by Crippen LogP contribution is -2.27. The molecule has 0 unspecified atom stereocenters. The Bertz CT molecular complexity index is 792. The number of nitrogens with one attached hydrogen (secondary N) is 2. The smallest absolute Gasteiger partial charge is 0.252 e. The molecule has 2 aromatic rings. The van der Waals surface area contributed by atoms with Gasteiger partial charge in [-0.2, -0.15) is 0 Å². The molecule has 0 bridgehead atoms. The molecular formula is C18H17Cl3N2O3. The van der Waals surface area contributed by atoms with Crippen LogP contribution >= 0.6 is 34.8 Å². The minimum absolute atomic E-state index is 0.0232. The lowest BCUT2D eigenvalue weighted by Gasteiger charge is -2.10. The summed E-state index contributed by atoms with van der Waals surface area (Å²) in [6, 6.07) is 9.71. The maximum Gasteiger partial charge on any atom is 0.252 e. The predicted molar refractivity (Wildman–Crippen MR) is 104 cm³/mol. The molecule has 8 heteroatoms. The van der Waals surface area contributed by atoms with Crippen molar-refractivity contribution in [1.29, 1.82) is 0 Å². The summed E-state index contributed by atoms with van der Waals surface area (Å²) < 4.78 is 4.87. The number of amides is 2. The quantitative estimate of drug-likeness (QED) is 0.666. The summed E-state index contributed by atoms with van der Waals surface area (Å²) in [6.45, 7) is 0.783. The molecule has 0 aliphatic rings. The van der Waals surface area contributed by atoms with Gasteiger partial charge in [0, 0.05) is 29.4 Å². The van der Waals surface area contributed by atoms with E-state index in [4.69, 9.17) is 39.5 Å². The highest BCUT2D eigenvalue weighted by Crippen LogP contribution is 2.26. The third kappa shape index (κ3) is 5.61. The molecule has 2 rings (SSSR count). The topological polar surface area (TPSA) is 67.4 Å². The molecule has 5 nitrogen and oxygen atoms in total. The number of anilines is 1. The summed E-state index contributed by atoms with van der Waals surface area (Å²) in [5.41, 5.74) is 1.33. The van der Waals surface area contributed by atoms with Gasteiger partial charge < -0.3 is 15.4 Å². The Morgan fingerprint density at radius 2 is 1.73 bits per heavy atom. The number of halogens is 3. The van der Waals surface area contributed by atoms with E-state index in [1.54, 1.807) is 37.4 Å². The Morgan fingerprint density at radius 3 is 2.35 bits per heavy atom. The average Bonchev–Trinajstić information content (AvgIpc) is 2.58. The van der Waals surface area contributed by atoms with Crippen molar-refractivity contribution in [2.24, 2.45) is 0 Å². The van der Waals surface area contributed by atoms with E-state index < -0.39 is 0 Å². The molecule has 2 aromatic carbocycles. The number of benzene rings is 2. The van der Waals surface area contributed by atoms with Gasteiger partial charge in [0.25, 0.3) is 5.91 Å². The van der Waals surface area contributed by atoms with Gasteiger partial charge in [0.15, 0.2) is 0 Å². The molecule has 2 N–H and O–H groups in total. The summed E-state index contributed by atoms with van der Waals surface area (Å²) in [5.74, 6) is -0.610. The van der Waals surface area contributed by atoms with Crippen LogP contribution in [0.4, 0.5) is 5.69 Å². The highest BCUT2D eigenvalue weighted by Gasteiger charge is 2.14. The van der Waals surface area contributed by atoms with Crippen molar-refractivity contribution in [3.05, 3.63) is 62.6 Å². The van der Waals surface area contributed by atoms with E-state index in [0.29, 0.717) is 40.0 Å². The first-order chi connectivity index (χ1) is 12.4. The van der Waals surface area contributed by atoms with Crippen molar-refractivity contribution in [2.75, 3.05) is 25.6 Å². The van der Waals surface area contributed by atoms with E-state index in [1.165, 1.54) is 6.07 Å². The number of carbonyl (C=O) groups excluding carboxylic acids is 2. The maximum absolute atomic E-state index is 12.2. The van der Waals surface area contributed by atoms with Crippen LogP contribution in [-0.4, -0.2) is 32.1 Å². The molecule has 0 radical (unpaired) electrons. The Labute approximate surface area is 166 Å². The largest absolute Gasteiger partial charge is 0.383 e. The number of ether oxygens (including phenoxy) is 1. The zero-order valence-electron chi connectivity index (χ0n) is 13.9. The van der Waals surface area contributed by atoms with Crippen LogP contribution < -0.4 is 10.6 Å². The van der Waals surface area contributed by atoms with Crippen molar-refractivity contribution < 1.29 is 14.3 Å². The number of methoxy groups -OCH3 is 1. The van der Waals surface area contributed by atoms with Crippen LogP contribution in [0.25, 0.3) is 0 Å². The van der Waals surface area contributed by atoms with Crippen molar-refractivity contribution >= 4 is 52.3 Å². The summed E-state index contributed by atoms with van der Waals surface area (Å²) in [4.78, 5) is 24.2. The Kier molecular flexibility index (Phi) is 7.72. The van der Waals surface area contributed by atoms with Crippen molar-refractivity contribution in [3.63, 3.8) is 0 Å². The molecular weight excluding hydrogens is 399 g/mol. The maximum atomic E-state index is 12.2. The standard InChI is InChI=1S/C18H17Cl3N2O3/c1-26-8-7-22-18(25)12-6-5-11(9-16(12)21)23-17(24)10-13-14(19)3-2-4-15(13)20/h2-6,9H,7-8,10H2,1H3,(H,22,25)(H,23,24). The monoisotopic (exact) mass is 414 g/mol. The fraction of sp³-hybridized carbons (Fsp3) is 0.222. The van der Waals surface area contributed by atoms with Crippen LogP contribution in [0, 0.1) is 0 Å². The molecule has 0 aliphatic carbocycles. The fourth-order valence-electron chi connectivity index (χ4n) is 2.21. The zero-order chi connectivity index (χ0) is 19.1. The molecule has 2 amide bonds. The Hall–Kier alpha value is -1.79. The van der Waals surface area contributed by atoms with Gasteiger partial charge >= 0.3 is 0 Å². The number of rotatable bonds is 7. The molecule has 0 spiro atoms. The van der Waals surface area contributed by atoms with Gasteiger partial charge in [0.1, 0.15) is 0 Å². The summed E-state index contributed by atoms with van der Waals surface area (Å²) in [6.07, 6.45) is 0.0232. The van der Waals surface area contributed by atoms with Crippen LogP contribution in [0.5, 0.6) is 0 Å². The van der Waals surface area contributed by atoms with E-state index in [2.05, 4.69) is 10.6 Å². The van der Waals surface area contributed by atoms with Gasteiger partial charge in [-0.15, -0.1) is 0 Å². The van der Waals surface area contributed by atoms with E-state index in [-0.39, 0.29) is 23.3 Å². The van der Waals surface area contributed by atoms with E-state index in [0.717, 1.165) is 0 Å². The van der Waals surface area contributed by atoms with Crippen molar-refractivity contribution in [1.82, 2.24) is 5.32 Å². The average molecular weight is 416 g/mol. The fourth-order valence-corrected chi connectivity index (χ4v) is 3.00. The molecule has 0 aliphatic heterocycles. The van der Waals surface area contributed by atoms with E-state index >= 15 is 0 Å². The third-order valence-corrected chi connectivity index (χ3v) is 4.51. The Morgan fingerprint density at radius 1 is 1.04 bits per heavy atom. The second-order valence-electron chi connectivity index (χ2n) is 5.37. The summed E-state index contributed by atoms with van der Waals surface area (Å²) in [5, 5.41) is 6.47. The number of carbonyl (C=O) groups is 2. The van der Waals surface area contributed by atoms with Crippen LogP contribution in [0.2, 0.25) is 15.1 Å². The van der Waals surface area contributed by atoms with Gasteiger partial charge in [0.05, 0.1) is 23.6 Å². The minimum Gasteiger partial charge on any atom is -0.383 e. The van der Waals surface area contributed by atoms with Gasteiger partial charge in [-0.1, -0.05) is 40.9 Å². The number of hydrogen-bond donors (Lipinski definition) is 2. The lowest BCUT2D eigenvalue weighted by atomic mass is 10.1. The van der Waals surface area contributed by atoms with E-state index in [9.17, 15) is 9.59 Å². The van der Waals surface area contributed by atoms with Crippen molar-refractivity contribution in [3.8, 4) is 0 Å². The van der Waals surface area contributed by atoms with Gasteiger partial charge in [-0.05, 0) is 35.9 Å². The lowest BCUT2D eigenvalue weighted by molar-refractivity contribution is -0.115. The minimum atomic E-state index is -0.312. The molecule has 0 saturated carbocycles. The van der Waals surface area contributed by atoms with Gasteiger partial charge in [-0.25, -0.2) is 0 Å². The predicted octanol–water partition coefficient (Wildman–Crippen LogP) is 4.20. The SMILES string of the molecule is COCCNC(=O)c1ccc(NC(=O)Cc2c(Cl)cccc2Cl)cc1Cl. The Balaban J connectivity index is 2.03. The molecule has 26 heavy (non-hydrogen) atoms. The van der Waals surface area contributed by atoms with E-state index in [1.807, 2.05) is 0 Å². The molecule has 0 heterocycles. The molecule has 0 saturated heterocycles. The molecule has 0 aromatic heterocycles. The van der Waals surface area contributed by atoms with Crippen LogP contribution in [0.1, 0.15) is 15.9 Å². The summed E-state index contributed by atoms with van der Waals surface area (Å²) >= 11 is 18.3. The van der Waals surface area contributed by atoms with Gasteiger partial charge in [0.2, 0.25) is 5.91 Å². The molecule has 0 atom stereocenters.